The Morgan fingerprint density at radius 1 is 1.36 bits per heavy atom. The zero-order chi connectivity index (χ0) is 11.6. The molecule has 0 bridgehead atoms. The number of sulfone groups is 1. The van der Waals surface area contributed by atoms with Gasteiger partial charge in [0.1, 0.15) is 5.25 Å². The number of rotatable bonds is 3. The van der Waals surface area contributed by atoms with Crippen molar-refractivity contribution in [2.24, 2.45) is 0 Å². The molecule has 0 heterocycles. The lowest BCUT2D eigenvalue weighted by Gasteiger charge is -2.20. The van der Waals surface area contributed by atoms with Crippen molar-refractivity contribution in [1.29, 1.82) is 0 Å². The number of carbonyl (C=O) groups is 1. The molecule has 0 aliphatic heterocycles. The Labute approximate surface area is 84.7 Å². The highest BCUT2D eigenvalue weighted by Crippen LogP contribution is 2.05. The number of hydrogen-bond acceptors (Lipinski definition) is 4. The fourth-order valence-electron chi connectivity index (χ4n) is 0.481. The van der Waals surface area contributed by atoms with Crippen molar-refractivity contribution in [3.8, 4) is 0 Å². The first-order valence-electron chi connectivity index (χ1n) is 4.21. The van der Waals surface area contributed by atoms with Crippen molar-refractivity contribution in [3.63, 3.8) is 0 Å². The molecule has 0 spiro atoms. The molecule has 0 fully saturated rings. The molecule has 0 aromatic rings. The highest BCUT2D eigenvalue weighted by molar-refractivity contribution is 7.92. The molecular formula is C8H17NO4S. The van der Waals surface area contributed by atoms with E-state index in [2.05, 4.69) is 5.48 Å². The maximum absolute atomic E-state index is 11.2. The summed E-state index contributed by atoms with van der Waals surface area (Å²) in [5.41, 5.74) is 1.58. The summed E-state index contributed by atoms with van der Waals surface area (Å²) in [6.45, 7) is 6.56. The monoisotopic (exact) mass is 223 g/mol. The minimum absolute atomic E-state index is 0.535. The summed E-state index contributed by atoms with van der Waals surface area (Å²) < 4.78 is 22.0. The van der Waals surface area contributed by atoms with Crippen LogP contribution in [0, 0.1) is 0 Å². The summed E-state index contributed by atoms with van der Waals surface area (Å²) in [5.74, 6) is -0.651. The summed E-state index contributed by atoms with van der Waals surface area (Å²) in [7, 11) is -3.36. The number of amides is 1. The number of hydrogen-bond donors (Lipinski definition) is 1. The maximum atomic E-state index is 11.2. The lowest BCUT2D eigenvalue weighted by atomic mass is 10.2. The van der Waals surface area contributed by atoms with E-state index in [0.717, 1.165) is 6.26 Å². The van der Waals surface area contributed by atoms with E-state index in [1.807, 2.05) is 0 Å². The molecule has 6 heteroatoms. The Morgan fingerprint density at radius 2 is 1.79 bits per heavy atom. The van der Waals surface area contributed by atoms with Crippen molar-refractivity contribution >= 4 is 15.7 Å². The van der Waals surface area contributed by atoms with E-state index >= 15 is 0 Å². The molecule has 5 nitrogen and oxygen atoms in total. The van der Waals surface area contributed by atoms with E-state index in [0.29, 0.717) is 0 Å². The molecule has 0 aliphatic carbocycles. The smallest absolute Gasteiger partial charge is 0.261 e. The molecule has 14 heavy (non-hydrogen) atoms. The van der Waals surface area contributed by atoms with E-state index < -0.39 is 26.6 Å². The van der Waals surface area contributed by atoms with Gasteiger partial charge in [0.15, 0.2) is 9.84 Å². The Bertz CT molecular complexity index is 302. The van der Waals surface area contributed by atoms with Crippen LogP contribution in [0.3, 0.4) is 0 Å². The maximum Gasteiger partial charge on any atom is 0.261 e. The molecule has 1 unspecified atom stereocenters. The lowest BCUT2D eigenvalue weighted by Crippen LogP contribution is -2.41. The largest absolute Gasteiger partial charge is 0.271 e. The van der Waals surface area contributed by atoms with Crippen LogP contribution in [-0.4, -0.2) is 31.4 Å². The SMILES string of the molecule is CC(C(=O)NOC(C)(C)C)S(C)(=O)=O. The van der Waals surface area contributed by atoms with Gasteiger partial charge in [0, 0.05) is 6.26 Å². The van der Waals surface area contributed by atoms with Gasteiger partial charge in [-0.2, -0.15) is 0 Å². The number of nitrogens with one attached hydrogen (secondary N) is 1. The van der Waals surface area contributed by atoms with Gasteiger partial charge in [0.2, 0.25) is 0 Å². The van der Waals surface area contributed by atoms with Crippen LogP contribution < -0.4 is 5.48 Å². The van der Waals surface area contributed by atoms with Gasteiger partial charge in [-0.1, -0.05) is 0 Å². The van der Waals surface area contributed by atoms with Crippen LogP contribution in [-0.2, 0) is 19.5 Å². The Morgan fingerprint density at radius 3 is 2.07 bits per heavy atom. The topological polar surface area (TPSA) is 72.5 Å². The Balaban J connectivity index is 4.25. The van der Waals surface area contributed by atoms with Gasteiger partial charge in [-0.05, 0) is 27.7 Å². The first kappa shape index (κ1) is 13.4. The number of carbonyl (C=O) groups excluding carboxylic acids is 1. The van der Waals surface area contributed by atoms with Gasteiger partial charge in [-0.15, -0.1) is 0 Å². The van der Waals surface area contributed by atoms with Crippen LogP contribution in [0.2, 0.25) is 0 Å². The lowest BCUT2D eigenvalue weighted by molar-refractivity contribution is -0.144. The van der Waals surface area contributed by atoms with Crippen molar-refractivity contribution in [2.45, 2.75) is 38.5 Å². The third-order valence-corrected chi connectivity index (χ3v) is 2.97. The van der Waals surface area contributed by atoms with E-state index in [9.17, 15) is 13.2 Å². The fraction of sp³-hybridized carbons (Fsp3) is 0.875. The molecule has 0 saturated heterocycles. The third-order valence-electron chi connectivity index (χ3n) is 1.47. The number of hydroxylamine groups is 1. The summed E-state index contributed by atoms with van der Waals surface area (Å²) in [5, 5.41) is -1.09. The minimum atomic E-state index is -3.36. The molecule has 1 amide bonds. The van der Waals surface area contributed by atoms with Crippen LogP contribution in [0.4, 0.5) is 0 Å². The van der Waals surface area contributed by atoms with Crippen LogP contribution >= 0.6 is 0 Å². The van der Waals surface area contributed by atoms with Gasteiger partial charge in [0.05, 0.1) is 5.60 Å². The fourth-order valence-corrected chi connectivity index (χ4v) is 0.918. The zero-order valence-electron chi connectivity index (χ0n) is 9.12. The minimum Gasteiger partial charge on any atom is -0.271 e. The third kappa shape index (κ3) is 5.18. The normalized spacial score (nSPS) is 14.9. The van der Waals surface area contributed by atoms with Crippen LogP contribution in [0.1, 0.15) is 27.7 Å². The molecule has 0 saturated carbocycles. The summed E-state index contributed by atoms with van der Waals surface area (Å²) in [6.07, 6.45) is 1.01. The Hall–Kier alpha value is -0.620. The summed E-state index contributed by atoms with van der Waals surface area (Å²) >= 11 is 0. The average molecular weight is 223 g/mol. The molecule has 84 valence electrons. The van der Waals surface area contributed by atoms with Crippen molar-refractivity contribution < 1.29 is 18.0 Å². The average Bonchev–Trinajstić information content (AvgIpc) is 1.95. The molecule has 0 aliphatic rings. The Kier molecular flexibility index (Phi) is 4.08. The van der Waals surface area contributed by atoms with Gasteiger partial charge in [-0.25, -0.2) is 13.9 Å². The zero-order valence-corrected chi connectivity index (χ0v) is 9.94. The second-order valence-electron chi connectivity index (χ2n) is 4.15. The molecule has 0 aromatic heterocycles. The van der Waals surface area contributed by atoms with E-state index in [4.69, 9.17) is 4.84 Å². The van der Waals surface area contributed by atoms with Gasteiger partial charge >= 0.3 is 0 Å². The molecule has 0 radical (unpaired) electrons. The first-order valence-corrected chi connectivity index (χ1v) is 6.16. The van der Waals surface area contributed by atoms with E-state index in [-0.39, 0.29) is 0 Å². The van der Waals surface area contributed by atoms with Gasteiger partial charge in [-0.3, -0.25) is 9.63 Å². The molecular weight excluding hydrogens is 206 g/mol. The van der Waals surface area contributed by atoms with E-state index in [1.54, 1.807) is 20.8 Å². The molecule has 0 aromatic carbocycles. The quantitative estimate of drug-likeness (QED) is 0.697. The highest BCUT2D eigenvalue weighted by atomic mass is 32.2. The van der Waals surface area contributed by atoms with Gasteiger partial charge < -0.3 is 0 Å². The van der Waals surface area contributed by atoms with Crippen molar-refractivity contribution in [1.82, 2.24) is 5.48 Å². The predicted octanol–water partition coefficient (Wildman–Crippen LogP) is 0.266. The molecule has 1 atom stereocenters. The standard InChI is InChI=1S/C8H17NO4S/c1-6(14(5,11)12)7(10)9-13-8(2,3)4/h6H,1-5H3,(H,9,10). The van der Waals surface area contributed by atoms with Crippen molar-refractivity contribution in [2.75, 3.05) is 6.26 Å². The second kappa shape index (κ2) is 4.27. The molecule has 0 rings (SSSR count). The van der Waals surface area contributed by atoms with Crippen LogP contribution in [0.5, 0.6) is 0 Å². The summed E-state index contributed by atoms with van der Waals surface area (Å²) in [6, 6.07) is 0. The van der Waals surface area contributed by atoms with E-state index in [1.165, 1.54) is 6.92 Å². The first-order chi connectivity index (χ1) is 6.04. The summed E-state index contributed by atoms with van der Waals surface area (Å²) in [4.78, 5) is 16.2. The van der Waals surface area contributed by atoms with Crippen LogP contribution in [0.15, 0.2) is 0 Å². The van der Waals surface area contributed by atoms with Crippen molar-refractivity contribution in [3.05, 3.63) is 0 Å². The van der Waals surface area contributed by atoms with Gasteiger partial charge in [0.25, 0.3) is 5.91 Å². The molecule has 1 N–H and O–H groups in total. The van der Waals surface area contributed by atoms with Crippen LogP contribution in [0.25, 0.3) is 0 Å². The predicted molar refractivity (Wildman–Crippen MR) is 53.3 cm³/mol. The second-order valence-corrected chi connectivity index (χ2v) is 6.52. The highest BCUT2D eigenvalue weighted by Gasteiger charge is 2.25.